The molecule has 5 rings (SSSR count). The van der Waals surface area contributed by atoms with Gasteiger partial charge in [0.25, 0.3) is 11.8 Å². The average Bonchev–Trinajstić information content (AvgIpc) is 2.86. The lowest BCUT2D eigenvalue weighted by Crippen LogP contribution is -2.45. The molecule has 2 aliphatic rings. The molecule has 2 N–H and O–H groups in total. The number of aryl methyl sites for hydroxylation is 1. The van der Waals surface area contributed by atoms with Crippen molar-refractivity contribution in [2.75, 3.05) is 23.3 Å². The summed E-state index contributed by atoms with van der Waals surface area (Å²) in [7, 11) is 0. The van der Waals surface area contributed by atoms with Gasteiger partial charge in [-0.15, -0.1) is 0 Å². The summed E-state index contributed by atoms with van der Waals surface area (Å²) < 4.78 is 0. The van der Waals surface area contributed by atoms with E-state index in [1.807, 2.05) is 36.1 Å². The van der Waals surface area contributed by atoms with Crippen molar-refractivity contribution in [2.24, 2.45) is 5.92 Å². The monoisotopic (exact) mass is 479 g/mol. The van der Waals surface area contributed by atoms with Gasteiger partial charge in [-0.25, -0.2) is 0 Å². The Morgan fingerprint density at radius 3 is 2.58 bits per heavy atom. The first-order chi connectivity index (χ1) is 15.9. The van der Waals surface area contributed by atoms with Gasteiger partial charge in [0.15, 0.2) is 0 Å². The number of hydrogen-bond acceptors (Lipinski definition) is 3. The molecule has 1 fully saturated rings. The van der Waals surface area contributed by atoms with E-state index in [2.05, 4.69) is 10.6 Å². The second kappa shape index (κ2) is 8.82. The average molecular weight is 480 g/mol. The Morgan fingerprint density at radius 2 is 1.85 bits per heavy atom. The largest absolute Gasteiger partial charge is 0.322 e. The third kappa shape index (κ3) is 4.12. The van der Waals surface area contributed by atoms with Crippen LogP contribution in [-0.2, 0) is 0 Å². The zero-order chi connectivity index (χ0) is 23.1. The highest BCUT2D eigenvalue weighted by Crippen LogP contribution is 2.42. The molecule has 0 radical (unpaired) electrons. The van der Waals surface area contributed by atoms with Gasteiger partial charge in [0.05, 0.1) is 10.6 Å². The molecule has 3 aromatic carbocycles. The molecule has 0 bridgehead atoms. The minimum atomic E-state index is -0.291. The Morgan fingerprint density at radius 1 is 1.03 bits per heavy atom. The minimum absolute atomic E-state index is 0.0543. The van der Waals surface area contributed by atoms with E-state index < -0.39 is 0 Å². The van der Waals surface area contributed by atoms with Crippen LogP contribution in [0.3, 0.4) is 0 Å². The van der Waals surface area contributed by atoms with Crippen molar-refractivity contribution in [2.45, 2.75) is 19.4 Å². The lowest BCUT2D eigenvalue weighted by molar-refractivity contribution is 0.0983. The summed E-state index contributed by atoms with van der Waals surface area (Å²) in [6, 6.07) is 18.2. The molecule has 2 aliphatic heterocycles. The number of benzene rings is 3. The molecule has 0 unspecified atom stereocenters. The first-order valence-electron chi connectivity index (χ1n) is 10.9. The fourth-order valence-corrected chi connectivity index (χ4v) is 5.05. The number of carbonyl (C=O) groups is 2. The van der Waals surface area contributed by atoms with E-state index in [-0.39, 0.29) is 17.9 Å². The van der Waals surface area contributed by atoms with Crippen LogP contribution in [0.15, 0.2) is 60.7 Å². The molecule has 2 atom stereocenters. The van der Waals surface area contributed by atoms with Crippen LogP contribution in [0.1, 0.15) is 44.3 Å². The number of anilines is 2. The maximum atomic E-state index is 13.6. The highest BCUT2D eigenvalue weighted by Gasteiger charge is 2.38. The predicted molar refractivity (Wildman–Crippen MR) is 133 cm³/mol. The topological polar surface area (TPSA) is 61.4 Å². The van der Waals surface area contributed by atoms with Gasteiger partial charge in [0.1, 0.15) is 0 Å². The molecule has 168 valence electrons. The summed E-state index contributed by atoms with van der Waals surface area (Å²) in [5.41, 5.74) is 4.39. The van der Waals surface area contributed by atoms with Gasteiger partial charge in [-0.05, 0) is 78.9 Å². The molecule has 7 heteroatoms. The molecule has 5 nitrogen and oxygen atoms in total. The summed E-state index contributed by atoms with van der Waals surface area (Å²) in [5.74, 6) is 0.158. The third-order valence-corrected chi connectivity index (χ3v) is 7.05. The van der Waals surface area contributed by atoms with E-state index in [0.717, 1.165) is 29.8 Å². The van der Waals surface area contributed by atoms with E-state index in [0.29, 0.717) is 39.3 Å². The maximum Gasteiger partial charge on any atom is 0.258 e. The van der Waals surface area contributed by atoms with E-state index >= 15 is 0 Å². The van der Waals surface area contributed by atoms with Crippen LogP contribution < -0.4 is 15.5 Å². The zero-order valence-corrected chi connectivity index (χ0v) is 19.6. The summed E-state index contributed by atoms with van der Waals surface area (Å²) in [5, 5.41) is 7.41. The smallest absolute Gasteiger partial charge is 0.258 e. The van der Waals surface area contributed by atoms with Gasteiger partial charge >= 0.3 is 0 Å². The van der Waals surface area contributed by atoms with Crippen LogP contribution >= 0.6 is 23.2 Å². The number of amides is 2. The van der Waals surface area contributed by atoms with Crippen LogP contribution in [0.25, 0.3) is 0 Å². The number of halogens is 2. The fourth-order valence-electron chi connectivity index (χ4n) is 4.65. The standard InChI is InChI=1S/C26H23Cl2N3O2/c1-15-12-18(30-25(32)20-4-2-3-5-22(20)28)7-8-19(15)26(33)31-11-10-16-14-29-24(16)21-13-17(27)6-9-23(21)31/h2-9,12-13,16,24,29H,10-11,14H2,1H3,(H,30,32)/t16-,24+/m1/s1. The van der Waals surface area contributed by atoms with E-state index in [9.17, 15) is 9.59 Å². The quantitative estimate of drug-likeness (QED) is 0.493. The van der Waals surface area contributed by atoms with Crippen LogP contribution in [0.2, 0.25) is 10.0 Å². The summed E-state index contributed by atoms with van der Waals surface area (Å²) >= 11 is 12.4. The van der Waals surface area contributed by atoms with Gasteiger partial charge in [-0.1, -0.05) is 35.3 Å². The molecule has 0 aromatic heterocycles. The Kier molecular flexibility index (Phi) is 5.87. The molecular formula is C26H23Cl2N3O2. The molecule has 0 spiro atoms. The van der Waals surface area contributed by atoms with Crippen LogP contribution in [0, 0.1) is 12.8 Å². The second-order valence-corrected chi connectivity index (χ2v) is 9.40. The van der Waals surface area contributed by atoms with Gasteiger partial charge in [-0.2, -0.15) is 0 Å². The van der Waals surface area contributed by atoms with Crippen molar-refractivity contribution in [3.63, 3.8) is 0 Å². The molecule has 3 aromatic rings. The minimum Gasteiger partial charge on any atom is -0.322 e. The van der Waals surface area contributed by atoms with E-state index in [4.69, 9.17) is 23.2 Å². The summed E-state index contributed by atoms with van der Waals surface area (Å²) in [4.78, 5) is 28.1. The van der Waals surface area contributed by atoms with E-state index in [1.165, 1.54) is 0 Å². The van der Waals surface area contributed by atoms with Crippen molar-refractivity contribution in [1.82, 2.24) is 5.32 Å². The molecular weight excluding hydrogens is 457 g/mol. The van der Waals surface area contributed by atoms with E-state index in [1.54, 1.807) is 36.4 Å². The number of nitrogens with one attached hydrogen (secondary N) is 2. The predicted octanol–water partition coefficient (Wildman–Crippen LogP) is 5.87. The first-order valence-corrected chi connectivity index (χ1v) is 11.7. The number of carbonyl (C=O) groups excluding carboxylic acids is 2. The Hall–Kier alpha value is -2.86. The lowest BCUT2D eigenvalue weighted by Gasteiger charge is -2.37. The van der Waals surface area contributed by atoms with Crippen molar-refractivity contribution >= 4 is 46.4 Å². The normalized spacial score (nSPS) is 19.1. The lowest BCUT2D eigenvalue weighted by atomic mass is 9.84. The zero-order valence-electron chi connectivity index (χ0n) is 18.1. The van der Waals surface area contributed by atoms with Crippen molar-refractivity contribution < 1.29 is 9.59 Å². The number of fused-ring (bicyclic) bond motifs is 3. The van der Waals surface area contributed by atoms with Gasteiger partial charge < -0.3 is 15.5 Å². The molecule has 2 heterocycles. The Balaban J connectivity index is 1.41. The summed E-state index contributed by atoms with van der Waals surface area (Å²) in [6.07, 6.45) is 0.931. The van der Waals surface area contributed by atoms with Gasteiger partial charge in [-0.3, -0.25) is 9.59 Å². The first kappa shape index (κ1) is 22.0. The molecule has 1 saturated heterocycles. The number of rotatable bonds is 3. The fraction of sp³-hybridized carbons (Fsp3) is 0.231. The number of nitrogens with zero attached hydrogens (tertiary/aromatic N) is 1. The van der Waals surface area contributed by atoms with Gasteiger partial charge in [0, 0.05) is 41.1 Å². The number of hydrogen-bond donors (Lipinski definition) is 2. The van der Waals surface area contributed by atoms with Crippen molar-refractivity contribution in [3.05, 3.63) is 93.0 Å². The Bertz CT molecular complexity index is 1260. The second-order valence-electron chi connectivity index (χ2n) is 8.56. The summed E-state index contributed by atoms with van der Waals surface area (Å²) in [6.45, 7) is 3.49. The highest BCUT2D eigenvalue weighted by atomic mass is 35.5. The van der Waals surface area contributed by atoms with Crippen LogP contribution in [-0.4, -0.2) is 24.9 Å². The molecule has 33 heavy (non-hydrogen) atoms. The van der Waals surface area contributed by atoms with Crippen LogP contribution in [0.4, 0.5) is 11.4 Å². The maximum absolute atomic E-state index is 13.6. The van der Waals surface area contributed by atoms with Gasteiger partial charge in [0.2, 0.25) is 0 Å². The highest BCUT2D eigenvalue weighted by molar-refractivity contribution is 6.34. The Labute approximate surface area is 202 Å². The van der Waals surface area contributed by atoms with Crippen LogP contribution in [0.5, 0.6) is 0 Å². The molecule has 0 saturated carbocycles. The molecule has 0 aliphatic carbocycles. The van der Waals surface area contributed by atoms with Crippen molar-refractivity contribution in [3.8, 4) is 0 Å². The SMILES string of the molecule is Cc1cc(NC(=O)c2ccccc2Cl)ccc1C(=O)N1CC[C@@H]2CN[C@@H]2c2cc(Cl)ccc21. The third-order valence-electron chi connectivity index (χ3n) is 6.49. The van der Waals surface area contributed by atoms with Crippen molar-refractivity contribution in [1.29, 1.82) is 0 Å². The molecule has 2 amide bonds.